The Hall–Kier alpha value is -1.06. The Morgan fingerprint density at radius 2 is 2.21 bits per heavy atom. The molecule has 2 heterocycles. The Balaban J connectivity index is 2.15. The van der Waals surface area contributed by atoms with E-state index in [1.807, 2.05) is 18.2 Å². The van der Waals surface area contributed by atoms with Crippen LogP contribution in [0.1, 0.15) is 38.6 Å². The predicted molar refractivity (Wildman–Crippen MR) is 79.5 cm³/mol. The van der Waals surface area contributed by atoms with Crippen LogP contribution in [-0.2, 0) is 7.05 Å². The molecule has 1 unspecified atom stereocenters. The first-order valence-corrected chi connectivity index (χ1v) is 7.23. The van der Waals surface area contributed by atoms with E-state index >= 15 is 0 Å². The molecule has 0 amide bonds. The van der Waals surface area contributed by atoms with Gasteiger partial charge in [-0.15, -0.1) is 0 Å². The lowest BCUT2D eigenvalue weighted by molar-refractivity contribution is 0.172. The van der Waals surface area contributed by atoms with E-state index in [-0.39, 0.29) is 11.5 Å². The highest BCUT2D eigenvalue weighted by atomic mass is 35.5. The zero-order valence-electron chi connectivity index (χ0n) is 11.7. The number of hydrogen-bond donors (Lipinski definition) is 1. The van der Waals surface area contributed by atoms with Gasteiger partial charge < -0.3 is 9.88 Å². The summed E-state index contributed by atoms with van der Waals surface area (Å²) in [5.41, 5.74) is 2.23. The van der Waals surface area contributed by atoms with Gasteiger partial charge in [-0.1, -0.05) is 31.5 Å². The van der Waals surface area contributed by atoms with Crippen LogP contribution in [0.25, 0.3) is 11.0 Å². The molecule has 1 aromatic carbocycles. The number of fused-ring (bicyclic) bond motifs is 1. The predicted octanol–water partition coefficient (Wildman–Crippen LogP) is 3.68. The monoisotopic (exact) mass is 277 g/mol. The fourth-order valence-corrected chi connectivity index (χ4v) is 3.45. The standard InChI is InChI=1S/C15H20ClN3/c1-15(2)8-5-9-17-13(15)14-18-11-7-4-6-10(16)12(11)19(14)3/h4,6-7,13,17H,5,8-9H2,1-3H3. The molecule has 1 fully saturated rings. The number of halogens is 1. The summed E-state index contributed by atoms with van der Waals surface area (Å²) < 4.78 is 2.14. The first-order valence-electron chi connectivity index (χ1n) is 6.85. The Morgan fingerprint density at radius 1 is 1.42 bits per heavy atom. The van der Waals surface area contributed by atoms with E-state index in [1.165, 1.54) is 12.8 Å². The minimum absolute atomic E-state index is 0.222. The average Bonchev–Trinajstić information content (AvgIpc) is 2.67. The van der Waals surface area contributed by atoms with E-state index in [9.17, 15) is 0 Å². The van der Waals surface area contributed by atoms with Gasteiger partial charge in [0.2, 0.25) is 0 Å². The van der Waals surface area contributed by atoms with E-state index < -0.39 is 0 Å². The fourth-order valence-electron chi connectivity index (χ4n) is 3.15. The second kappa shape index (κ2) is 4.50. The van der Waals surface area contributed by atoms with Gasteiger partial charge in [0.05, 0.1) is 22.1 Å². The number of imidazole rings is 1. The van der Waals surface area contributed by atoms with E-state index in [1.54, 1.807) is 0 Å². The molecule has 4 heteroatoms. The summed E-state index contributed by atoms with van der Waals surface area (Å²) >= 11 is 6.30. The zero-order valence-corrected chi connectivity index (χ0v) is 12.5. The summed E-state index contributed by atoms with van der Waals surface area (Å²) in [6.07, 6.45) is 2.45. The molecule has 0 saturated carbocycles. The lowest BCUT2D eigenvalue weighted by atomic mass is 9.77. The number of rotatable bonds is 1. The number of piperidine rings is 1. The van der Waals surface area contributed by atoms with Gasteiger partial charge in [-0.25, -0.2) is 4.98 Å². The molecule has 102 valence electrons. The van der Waals surface area contributed by atoms with Crippen LogP contribution >= 0.6 is 11.6 Å². The van der Waals surface area contributed by atoms with Gasteiger partial charge in [0.15, 0.2) is 0 Å². The number of aryl methyl sites for hydroxylation is 1. The third-order valence-corrected chi connectivity index (χ3v) is 4.57. The highest BCUT2D eigenvalue weighted by molar-refractivity contribution is 6.35. The van der Waals surface area contributed by atoms with Crippen LogP contribution in [0.15, 0.2) is 18.2 Å². The lowest BCUT2D eigenvalue weighted by Crippen LogP contribution is -2.41. The molecule has 19 heavy (non-hydrogen) atoms. The smallest absolute Gasteiger partial charge is 0.127 e. The molecule has 1 saturated heterocycles. The normalized spacial score (nSPS) is 22.8. The second-order valence-electron chi connectivity index (χ2n) is 6.12. The Labute approximate surface area is 119 Å². The Morgan fingerprint density at radius 3 is 2.89 bits per heavy atom. The molecule has 0 radical (unpaired) electrons. The van der Waals surface area contributed by atoms with Crippen LogP contribution in [0, 0.1) is 5.41 Å². The molecule has 3 rings (SSSR count). The Kier molecular flexibility index (Phi) is 3.06. The van der Waals surface area contributed by atoms with E-state index in [2.05, 4.69) is 30.8 Å². The Bertz CT molecular complexity index is 615. The number of hydrogen-bond acceptors (Lipinski definition) is 2. The van der Waals surface area contributed by atoms with Crippen molar-refractivity contribution >= 4 is 22.6 Å². The maximum absolute atomic E-state index is 6.30. The third kappa shape index (κ3) is 2.05. The SMILES string of the molecule is Cn1c(C2NCCCC2(C)C)nc2cccc(Cl)c21. The molecular weight excluding hydrogens is 258 g/mol. The molecule has 2 aromatic rings. The van der Waals surface area contributed by atoms with Crippen LogP contribution < -0.4 is 5.32 Å². The molecular formula is C15H20ClN3. The van der Waals surface area contributed by atoms with E-state index in [0.717, 1.165) is 28.4 Å². The zero-order chi connectivity index (χ0) is 13.6. The average molecular weight is 278 g/mol. The molecule has 1 aliphatic heterocycles. The maximum atomic E-state index is 6.30. The highest BCUT2D eigenvalue weighted by Gasteiger charge is 2.36. The first kappa shape index (κ1) is 12.9. The third-order valence-electron chi connectivity index (χ3n) is 4.27. The summed E-state index contributed by atoms with van der Waals surface area (Å²) in [5.74, 6) is 1.09. The van der Waals surface area contributed by atoms with Gasteiger partial charge in [-0.3, -0.25) is 0 Å². The number of nitrogens with one attached hydrogen (secondary N) is 1. The molecule has 0 spiro atoms. The van der Waals surface area contributed by atoms with Crippen LogP contribution in [0.5, 0.6) is 0 Å². The summed E-state index contributed by atoms with van der Waals surface area (Å²) in [6, 6.07) is 6.20. The van der Waals surface area contributed by atoms with Gasteiger partial charge in [-0.05, 0) is 36.9 Å². The number of benzene rings is 1. The minimum atomic E-state index is 0.222. The van der Waals surface area contributed by atoms with Crippen LogP contribution in [0.2, 0.25) is 5.02 Å². The molecule has 1 aliphatic rings. The maximum Gasteiger partial charge on any atom is 0.127 e. The second-order valence-corrected chi connectivity index (χ2v) is 6.52. The molecule has 0 aliphatic carbocycles. The van der Waals surface area contributed by atoms with Crippen molar-refractivity contribution in [1.82, 2.24) is 14.9 Å². The molecule has 1 N–H and O–H groups in total. The summed E-state index contributed by atoms with van der Waals surface area (Å²) in [7, 11) is 2.06. The van der Waals surface area contributed by atoms with Crippen molar-refractivity contribution in [2.75, 3.05) is 6.54 Å². The van der Waals surface area contributed by atoms with Crippen molar-refractivity contribution in [3.8, 4) is 0 Å². The largest absolute Gasteiger partial charge is 0.329 e. The van der Waals surface area contributed by atoms with Crippen LogP contribution in [-0.4, -0.2) is 16.1 Å². The number of nitrogens with zero attached hydrogens (tertiary/aromatic N) is 2. The molecule has 1 atom stereocenters. The van der Waals surface area contributed by atoms with Crippen molar-refractivity contribution in [1.29, 1.82) is 0 Å². The minimum Gasteiger partial charge on any atom is -0.329 e. The van der Waals surface area contributed by atoms with Crippen molar-refractivity contribution in [2.45, 2.75) is 32.7 Å². The molecule has 3 nitrogen and oxygen atoms in total. The highest BCUT2D eigenvalue weighted by Crippen LogP contribution is 2.40. The summed E-state index contributed by atoms with van der Waals surface area (Å²) in [6.45, 7) is 5.68. The summed E-state index contributed by atoms with van der Waals surface area (Å²) in [5, 5.41) is 4.39. The van der Waals surface area contributed by atoms with Crippen LogP contribution in [0.4, 0.5) is 0 Å². The van der Waals surface area contributed by atoms with Crippen molar-refractivity contribution in [2.24, 2.45) is 12.5 Å². The fraction of sp³-hybridized carbons (Fsp3) is 0.533. The first-order chi connectivity index (χ1) is 9.00. The molecule has 1 aromatic heterocycles. The number of aromatic nitrogens is 2. The number of para-hydroxylation sites is 1. The van der Waals surface area contributed by atoms with Crippen molar-refractivity contribution in [3.05, 3.63) is 29.0 Å². The van der Waals surface area contributed by atoms with Gasteiger partial charge in [-0.2, -0.15) is 0 Å². The lowest BCUT2D eigenvalue weighted by Gasteiger charge is -2.38. The van der Waals surface area contributed by atoms with Gasteiger partial charge in [0.25, 0.3) is 0 Å². The van der Waals surface area contributed by atoms with Crippen molar-refractivity contribution in [3.63, 3.8) is 0 Å². The van der Waals surface area contributed by atoms with E-state index in [0.29, 0.717) is 0 Å². The van der Waals surface area contributed by atoms with Crippen LogP contribution in [0.3, 0.4) is 0 Å². The van der Waals surface area contributed by atoms with Gasteiger partial charge in [0.1, 0.15) is 5.82 Å². The topological polar surface area (TPSA) is 29.9 Å². The molecule has 0 bridgehead atoms. The van der Waals surface area contributed by atoms with Gasteiger partial charge in [0, 0.05) is 7.05 Å². The van der Waals surface area contributed by atoms with E-state index in [4.69, 9.17) is 16.6 Å². The van der Waals surface area contributed by atoms with Crippen molar-refractivity contribution < 1.29 is 0 Å². The van der Waals surface area contributed by atoms with Gasteiger partial charge >= 0.3 is 0 Å². The summed E-state index contributed by atoms with van der Waals surface area (Å²) in [4.78, 5) is 4.81. The quantitative estimate of drug-likeness (QED) is 0.862.